The van der Waals surface area contributed by atoms with E-state index in [1.807, 2.05) is 6.20 Å². The van der Waals surface area contributed by atoms with E-state index in [1.54, 1.807) is 0 Å². The minimum absolute atomic E-state index is 0.0150. The molecule has 1 aromatic rings. The van der Waals surface area contributed by atoms with Crippen molar-refractivity contribution in [2.24, 2.45) is 23.2 Å². The van der Waals surface area contributed by atoms with Crippen LogP contribution in [-0.2, 0) is 4.74 Å². The topological polar surface area (TPSA) is 22.1 Å². The van der Waals surface area contributed by atoms with E-state index in [9.17, 15) is 0 Å². The van der Waals surface area contributed by atoms with Gasteiger partial charge in [-0.25, -0.2) is 0 Å². The van der Waals surface area contributed by atoms with Crippen LogP contribution < -0.4 is 0 Å². The molecule has 0 spiro atoms. The lowest BCUT2D eigenvalue weighted by atomic mass is 9.63. The smallest absolute Gasteiger partial charge is 0.0987 e. The molecule has 160 valence electrons. The van der Waals surface area contributed by atoms with Crippen LogP contribution in [0.1, 0.15) is 65.1 Å². The lowest BCUT2D eigenvalue weighted by Gasteiger charge is -2.43. The van der Waals surface area contributed by atoms with E-state index in [0.717, 1.165) is 36.3 Å². The van der Waals surface area contributed by atoms with Gasteiger partial charge in [-0.3, -0.25) is 4.98 Å². The molecule has 1 fully saturated rings. The maximum absolute atomic E-state index is 6.16. The number of ether oxygens (including phenoxy) is 1. The second-order valence-corrected chi connectivity index (χ2v) is 9.31. The number of nitrogens with zero attached hydrogens (tertiary/aromatic N) is 1. The Kier molecular flexibility index (Phi) is 7.18. The summed E-state index contributed by atoms with van der Waals surface area (Å²) >= 11 is 0. The van der Waals surface area contributed by atoms with Gasteiger partial charge in [0.2, 0.25) is 0 Å². The van der Waals surface area contributed by atoms with Gasteiger partial charge in [-0.05, 0) is 54.7 Å². The molecular weight excluding hydrogens is 366 g/mol. The Morgan fingerprint density at radius 1 is 1.13 bits per heavy atom. The first-order valence-electron chi connectivity index (χ1n) is 11.3. The molecular formula is C28H37NO. The van der Waals surface area contributed by atoms with Crippen LogP contribution in [0.3, 0.4) is 0 Å². The Hall–Kier alpha value is -2.35. The summed E-state index contributed by atoms with van der Waals surface area (Å²) in [6.45, 7) is 15.8. The quantitative estimate of drug-likeness (QED) is 0.518. The van der Waals surface area contributed by atoms with Gasteiger partial charge in [-0.2, -0.15) is 0 Å². The maximum Gasteiger partial charge on any atom is 0.0987 e. The number of rotatable bonds is 3. The minimum atomic E-state index is 0.0150. The Bertz CT molecular complexity index is 857. The molecule has 0 radical (unpaired) electrons. The van der Waals surface area contributed by atoms with Gasteiger partial charge in [0.25, 0.3) is 0 Å². The first kappa shape index (κ1) is 22.3. The average molecular weight is 404 g/mol. The van der Waals surface area contributed by atoms with E-state index in [0.29, 0.717) is 17.8 Å². The highest BCUT2D eigenvalue weighted by Gasteiger charge is 2.41. The van der Waals surface area contributed by atoms with E-state index >= 15 is 0 Å². The van der Waals surface area contributed by atoms with Crippen LogP contribution in [0.2, 0.25) is 0 Å². The van der Waals surface area contributed by atoms with Crippen molar-refractivity contribution in [2.75, 3.05) is 0 Å². The maximum atomic E-state index is 6.16. The van der Waals surface area contributed by atoms with Gasteiger partial charge in [0.05, 0.1) is 17.6 Å². The van der Waals surface area contributed by atoms with Gasteiger partial charge in [-0.15, -0.1) is 0 Å². The van der Waals surface area contributed by atoms with Crippen molar-refractivity contribution in [3.05, 3.63) is 78.4 Å². The summed E-state index contributed by atoms with van der Waals surface area (Å²) in [5, 5.41) is 0. The monoisotopic (exact) mass is 403 g/mol. The molecule has 0 saturated carbocycles. The van der Waals surface area contributed by atoms with Crippen LogP contribution >= 0.6 is 0 Å². The van der Waals surface area contributed by atoms with Crippen LogP contribution in [-0.4, -0.2) is 11.1 Å². The van der Waals surface area contributed by atoms with Gasteiger partial charge in [0, 0.05) is 24.1 Å². The third-order valence-corrected chi connectivity index (χ3v) is 7.47. The lowest BCUT2D eigenvalue weighted by molar-refractivity contribution is 0.0175. The van der Waals surface area contributed by atoms with Crippen molar-refractivity contribution in [1.29, 1.82) is 0 Å². The third-order valence-electron chi connectivity index (χ3n) is 7.47. The molecule has 0 bridgehead atoms. The highest BCUT2D eigenvalue weighted by atomic mass is 16.5. The summed E-state index contributed by atoms with van der Waals surface area (Å²) in [7, 11) is 0. The molecule has 2 nitrogen and oxygen atoms in total. The van der Waals surface area contributed by atoms with Crippen LogP contribution in [0.4, 0.5) is 0 Å². The van der Waals surface area contributed by atoms with Crippen molar-refractivity contribution in [3.63, 3.8) is 0 Å². The molecule has 2 aliphatic rings. The van der Waals surface area contributed by atoms with E-state index in [1.165, 1.54) is 5.57 Å². The first-order chi connectivity index (χ1) is 14.3. The molecule has 5 atom stereocenters. The zero-order chi connectivity index (χ0) is 21.7. The molecule has 2 heterocycles. The summed E-state index contributed by atoms with van der Waals surface area (Å²) in [6, 6.07) is 4.28. The predicted molar refractivity (Wildman–Crippen MR) is 129 cm³/mol. The standard InChI is InChI=1S/C28H37NO/c1-20-13-14-21(2)30-24(5)23(4)28(6,22(20)3)18-17-27-16-15-26(19-29-27)25-11-9-7-8-10-12-25/h7,9-12,15-20,22-24H,2,8,13-14H2,1,3-6H3/b18-17+. The molecule has 3 rings (SSSR count). The van der Waals surface area contributed by atoms with Gasteiger partial charge >= 0.3 is 0 Å². The zero-order valence-corrected chi connectivity index (χ0v) is 19.3. The van der Waals surface area contributed by atoms with Crippen molar-refractivity contribution >= 4 is 11.6 Å². The van der Waals surface area contributed by atoms with Crippen LogP contribution in [0.5, 0.6) is 0 Å². The Morgan fingerprint density at radius 2 is 1.93 bits per heavy atom. The molecule has 2 heteroatoms. The molecule has 5 unspecified atom stereocenters. The van der Waals surface area contributed by atoms with Crippen molar-refractivity contribution < 1.29 is 4.74 Å². The van der Waals surface area contributed by atoms with Gasteiger partial charge in [0.15, 0.2) is 0 Å². The molecule has 0 aromatic carbocycles. The van der Waals surface area contributed by atoms with E-state index in [4.69, 9.17) is 9.72 Å². The van der Waals surface area contributed by atoms with Gasteiger partial charge in [0.1, 0.15) is 0 Å². The number of hydrogen-bond donors (Lipinski definition) is 0. The highest BCUT2D eigenvalue weighted by molar-refractivity contribution is 5.75. The molecule has 0 N–H and O–H groups in total. The third kappa shape index (κ3) is 5.03. The Balaban J connectivity index is 1.84. The van der Waals surface area contributed by atoms with E-state index in [-0.39, 0.29) is 11.5 Å². The number of aromatic nitrogens is 1. The summed E-state index contributed by atoms with van der Waals surface area (Å²) in [5.41, 5.74) is 3.37. The van der Waals surface area contributed by atoms with Crippen molar-refractivity contribution in [1.82, 2.24) is 4.98 Å². The molecule has 1 saturated heterocycles. The summed E-state index contributed by atoms with van der Waals surface area (Å²) in [5.74, 6) is 2.43. The first-order valence-corrected chi connectivity index (χ1v) is 11.3. The molecule has 30 heavy (non-hydrogen) atoms. The SMILES string of the molecule is C=C1CCC(C)C(C)C(C)(/C=C/c2ccc(C3=CC=CCC=C3)cn2)C(C)C(C)O1. The zero-order valence-electron chi connectivity index (χ0n) is 19.3. The lowest BCUT2D eigenvalue weighted by Crippen LogP contribution is -2.39. The summed E-state index contributed by atoms with van der Waals surface area (Å²) in [4.78, 5) is 4.73. The van der Waals surface area contributed by atoms with Gasteiger partial charge < -0.3 is 4.74 Å². The second kappa shape index (κ2) is 9.64. The number of pyridine rings is 1. The van der Waals surface area contributed by atoms with Crippen molar-refractivity contribution in [2.45, 2.75) is 60.0 Å². The average Bonchev–Trinajstić information content (AvgIpc) is 3.03. The largest absolute Gasteiger partial charge is 0.495 e. The molecule has 1 aromatic heterocycles. The van der Waals surface area contributed by atoms with Crippen LogP contribution in [0.15, 0.2) is 67.1 Å². The highest BCUT2D eigenvalue weighted by Crippen LogP contribution is 2.46. The summed E-state index contributed by atoms with van der Waals surface area (Å²) < 4.78 is 6.16. The minimum Gasteiger partial charge on any atom is -0.495 e. The summed E-state index contributed by atoms with van der Waals surface area (Å²) in [6.07, 6.45) is 20.5. The fourth-order valence-corrected chi connectivity index (χ4v) is 4.61. The predicted octanol–water partition coefficient (Wildman–Crippen LogP) is 7.62. The van der Waals surface area contributed by atoms with E-state index < -0.39 is 0 Å². The number of hydrogen-bond acceptors (Lipinski definition) is 2. The van der Waals surface area contributed by atoms with Gasteiger partial charge in [-0.1, -0.05) is 76.8 Å². The Labute approximate surface area is 183 Å². The second-order valence-electron chi connectivity index (χ2n) is 9.31. The normalized spacial score (nSPS) is 32.7. The van der Waals surface area contributed by atoms with E-state index in [2.05, 4.69) is 95.9 Å². The fraction of sp³-hybridized carbons (Fsp3) is 0.464. The molecule has 1 aliphatic carbocycles. The van der Waals surface area contributed by atoms with Crippen LogP contribution in [0, 0.1) is 23.2 Å². The molecule has 1 aliphatic heterocycles. The van der Waals surface area contributed by atoms with Crippen LogP contribution in [0.25, 0.3) is 11.6 Å². The Morgan fingerprint density at radius 3 is 2.67 bits per heavy atom. The number of allylic oxidation sites excluding steroid dienone is 8. The fourth-order valence-electron chi connectivity index (χ4n) is 4.61. The molecule has 0 amide bonds. The van der Waals surface area contributed by atoms with Crippen molar-refractivity contribution in [3.8, 4) is 0 Å².